The first-order chi connectivity index (χ1) is 10.0. The minimum atomic E-state index is 0.137. The smallest absolute Gasteiger partial charge is 0.119 e. The quantitative estimate of drug-likeness (QED) is 0.434. The molecule has 2 N–H and O–H groups in total. The fourth-order valence-electron chi connectivity index (χ4n) is 2.71. The van der Waals surface area contributed by atoms with Gasteiger partial charge in [-0.3, -0.25) is 0 Å². The molecule has 0 aromatic heterocycles. The standard InChI is InChI=1S/C18H29ClO2/c1-3-4-8-16(19)9-6-5-7-14(2)10-15-11-17(20)13-18(21)12-15/h11-14,16,20-21H,3-10H2,1-2H3/t14-,16-/m0/s1. The van der Waals surface area contributed by atoms with Crippen LogP contribution in [0.3, 0.4) is 0 Å². The molecule has 1 aromatic carbocycles. The second kappa shape index (κ2) is 9.94. The molecule has 3 heteroatoms. The van der Waals surface area contributed by atoms with Gasteiger partial charge in [-0.15, -0.1) is 11.6 Å². The maximum Gasteiger partial charge on any atom is 0.119 e. The lowest BCUT2D eigenvalue weighted by molar-refractivity contribution is 0.444. The summed E-state index contributed by atoms with van der Waals surface area (Å²) in [5, 5.41) is 19.3. The number of alkyl halides is 1. The van der Waals surface area contributed by atoms with Gasteiger partial charge in [0.2, 0.25) is 0 Å². The predicted octanol–water partition coefficient (Wildman–Crippen LogP) is 5.63. The molecule has 21 heavy (non-hydrogen) atoms. The second-order valence-electron chi connectivity index (χ2n) is 6.19. The third kappa shape index (κ3) is 8.21. The van der Waals surface area contributed by atoms with Gasteiger partial charge in [0, 0.05) is 11.4 Å². The molecule has 0 unspecified atom stereocenters. The van der Waals surface area contributed by atoms with Crippen molar-refractivity contribution in [2.24, 2.45) is 5.92 Å². The van der Waals surface area contributed by atoms with Crippen molar-refractivity contribution in [3.63, 3.8) is 0 Å². The Balaban J connectivity index is 2.20. The second-order valence-corrected chi connectivity index (χ2v) is 6.81. The molecule has 0 aliphatic carbocycles. The summed E-state index contributed by atoms with van der Waals surface area (Å²) in [5.41, 5.74) is 0.998. The normalized spacial score (nSPS) is 14.0. The number of unbranched alkanes of at least 4 members (excludes halogenated alkanes) is 2. The molecule has 0 radical (unpaired) electrons. The van der Waals surface area contributed by atoms with Crippen molar-refractivity contribution in [2.45, 2.75) is 70.6 Å². The van der Waals surface area contributed by atoms with Gasteiger partial charge in [-0.2, -0.15) is 0 Å². The van der Waals surface area contributed by atoms with Crippen molar-refractivity contribution < 1.29 is 10.2 Å². The molecule has 2 atom stereocenters. The van der Waals surface area contributed by atoms with Crippen LogP contribution in [0, 0.1) is 5.92 Å². The molecule has 1 aromatic rings. The highest BCUT2D eigenvalue weighted by molar-refractivity contribution is 6.20. The maximum atomic E-state index is 9.48. The summed E-state index contributed by atoms with van der Waals surface area (Å²) in [7, 11) is 0. The minimum absolute atomic E-state index is 0.137. The van der Waals surface area contributed by atoms with Crippen LogP contribution >= 0.6 is 11.6 Å². The van der Waals surface area contributed by atoms with E-state index in [1.165, 1.54) is 31.7 Å². The Morgan fingerprint density at radius 3 is 2.14 bits per heavy atom. The van der Waals surface area contributed by atoms with Crippen LogP contribution in [0.15, 0.2) is 18.2 Å². The molecule has 0 heterocycles. The van der Waals surface area contributed by atoms with Crippen LogP contribution in [0.2, 0.25) is 0 Å². The summed E-state index contributed by atoms with van der Waals surface area (Å²) < 4.78 is 0. The van der Waals surface area contributed by atoms with Gasteiger partial charge in [0.05, 0.1) is 0 Å². The number of hydrogen-bond acceptors (Lipinski definition) is 2. The van der Waals surface area contributed by atoms with Crippen molar-refractivity contribution in [3.8, 4) is 11.5 Å². The molecule has 0 aliphatic heterocycles. The zero-order valence-corrected chi connectivity index (χ0v) is 14.1. The van der Waals surface area contributed by atoms with E-state index >= 15 is 0 Å². The van der Waals surface area contributed by atoms with Crippen molar-refractivity contribution in [1.82, 2.24) is 0 Å². The Morgan fingerprint density at radius 1 is 0.952 bits per heavy atom. The summed E-state index contributed by atoms with van der Waals surface area (Å²) in [5.74, 6) is 0.826. The number of rotatable bonds is 10. The van der Waals surface area contributed by atoms with Crippen LogP contribution in [0.1, 0.15) is 64.4 Å². The van der Waals surface area contributed by atoms with Gasteiger partial charge in [0.15, 0.2) is 0 Å². The average molecular weight is 313 g/mol. The van der Waals surface area contributed by atoms with E-state index in [0.717, 1.165) is 31.2 Å². The minimum Gasteiger partial charge on any atom is -0.508 e. The van der Waals surface area contributed by atoms with E-state index in [2.05, 4.69) is 13.8 Å². The first-order valence-corrected chi connectivity index (χ1v) is 8.60. The zero-order chi connectivity index (χ0) is 15.7. The first kappa shape index (κ1) is 18.2. The molecule has 2 nitrogen and oxygen atoms in total. The lowest BCUT2D eigenvalue weighted by Gasteiger charge is -2.13. The fraction of sp³-hybridized carbons (Fsp3) is 0.667. The average Bonchev–Trinajstić information content (AvgIpc) is 2.40. The SMILES string of the molecule is CCCC[C@H](Cl)CCCC[C@H](C)Cc1cc(O)cc(O)c1. The maximum absolute atomic E-state index is 9.48. The lowest BCUT2D eigenvalue weighted by atomic mass is 9.95. The van der Waals surface area contributed by atoms with Crippen LogP contribution < -0.4 is 0 Å². The number of benzene rings is 1. The van der Waals surface area contributed by atoms with Crippen LogP contribution in [-0.4, -0.2) is 15.6 Å². The predicted molar refractivity (Wildman–Crippen MR) is 90.3 cm³/mol. The summed E-state index contributed by atoms with van der Waals surface area (Å²) >= 11 is 6.28. The van der Waals surface area contributed by atoms with Crippen LogP contribution in [-0.2, 0) is 6.42 Å². The Bertz CT molecular complexity index is 386. The lowest BCUT2D eigenvalue weighted by Crippen LogP contribution is -2.02. The summed E-state index contributed by atoms with van der Waals surface area (Å²) in [6, 6.07) is 4.83. The molecule has 0 amide bonds. The summed E-state index contributed by atoms with van der Waals surface area (Å²) in [6.45, 7) is 4.42. The van der Waals surface area contributed by atoms with Crippen molar-refractivity contribution in [1.29, 1.82) is 0 Å². The highest BCUT2D eigenvalue weighted by Crippen LogP contribution is 2.24. The molecular formula is C18H29ClO2. The van der Waals surface area contributed by atoms with Gasteiger partial charge >= 0.3 is 0 Å². The van der Waals surface area contributed by atoms with Gasteiger partial charge in [-0.1, -0.05) is 46.0 Å². The molecule has 0 fully saturated rings. The Morgan fingerprint density at radius 2 is 1.52 bits per heavy atom. The van der Waals surface area contributed by atoms with E-state index in [0.29, 0.717) is 11.3 Å². The summed E-state index contributed by atoms with van der Waals surface area (Å²) in [4.78, 5) is 0. The van der Waals surface area contributed by atoms with Gasteiger partial charge in [0.1, 0.15) is 11.5 Å². The van der Waals surface area contributed by atoms with Crippen molar-refractivity contribution >= 4 is 11.6 Å². The molecule has 0 bridgehead atoms. The fourth-order valence-corrected chi connectivity index (χ4v) is 3.02. The molecule has 1 rings (SSSR count). The molecule has 0 aliphatic rings. The van der Waals surface area contributed by atoms with E-state index in [4.69, 9.17) is 11.6 Å². The van der Waals surface area contributed by atoms with E-state index < -0.39 is 0 Å². The molecular weight excluding hydrogens is 284 g/mol. The highest BCUT2D eigenvalue weighted by Gasteiger charge is 2.08. The van der Waals surface area contributed by atoms with Gasteiger partial charge in [0.25, 0.3) is 0 Å². The number of halogens is 1. The zero-order valence-electron chi connectivity index (χ0n) is 13.3. The molecule has 0 saturated carbocycles. The number of phenols is 2. The monoisotopic (exact) mass is 312 g/mol. The molecule has 0 spiro atoms. The van der Waals surface area contributed by atoms with E-state index in [9.17, 15) is 10.2 Å². The molecule has 0 saturated heterocycles. The third-order valence-electron chi connectivity index (χ3n) is 3.88. The van der Waals surface area contributed by atoms with E-state index in [1.54, 1.807) is 12.1 Å². The van der Waals surface area contributed by atoms with Gasteiger partial charge < -0.3 is 10.2 Å². The Hall–Kier alpha value is -0.890. The third-order valence-corrected chi connectivity index (χ3v) is 4.32. The number of hydrogen-bond donors (Lipinski definition) is 2. The van der Waals surface area contributed by atoms with Crippen LogP contribution in [0.25, 0.3) is 0 Å². The van der Waals surface area contributed by atoms with E-state index in [1.807, 2.05) is 0 Å². The Kier molecular flexibility index (Phi) is 8.60. The largest absolute Gasteiger partial charge is 0.508 e. The molecule has 120 valence electrons. The van der Waals surface area contributed by atoms with Gasteiger partial charge in [-0.25, -0.2) is 0 Å². The first-order valence-electron chi connectivity index (χ1n) is 8.17. The summed E-state index contributed by atoms with van der Waals surface area (Å²) in [6.07, 6.45) is 9.13. The number of phenolic OH excluding ortho intramolecular Hbond substituents is 2. The van der Waals surface area contributed by atoms with Crippen molar-refractivity contribution in [3.05, 3.63) is 23.8 Å². The van der Waals surface area contributed by atoms with Gasteiger partial charge in [-0.05, 0) is 42.9 Å². The van der Waals surface area contributed by atoms with Crippen LogP contribution in [0.5, 0.6) is 11.5 Å². The highest BCUT2D eigenvalue weighted by atomic mass is 35.5. The van der Waals surface area contributed by atoms with E-state index in [-0.39, 0.29) is 11.5 Å². The number of aromatic hydroxyl groups is 2. The van der Waals surface area contributed by atoms with Crippen molar-refractivity contribution in [2.75, 3.05) is 0 Å². The topological polar surface area (TPSA) is 40.5 Å². The Labute approximate surface area is 134 Å². The van der Waals surface area contributed by atoms with Crippen LogP contribution in [0.4, 0.5) is 0 Å².